The average molecular weight is 131 g/mol. The molecule has 0 aromatic rings. The van der Waals surface area contributed by atoms with Gasteiger partial charge in [-0.25, -0.2) is 0 Å². The van der Waals surface area contributed by atoms with Crippen LogP contribution in [0.5, 0.6) is 0 Å². The Balaban J connectivity index is 3.15. The van der Waals surface area contributed by atoms with Crippen LogP contribution in [0, 0.1) is 5.92 Å². The van der Waals surface area contributed by atoms with Gasteiger partial charge in [-0.3, -0.25) is 0 Å². The first-order valence-electron chi connectivity index (χ1n) is 3.46. The Morgan fingerprint density at radius 2 is 2.00 bits per heavy atom. The van der Waals surface area contributed by atoms with E-state index in [4.69, 9.17) is 5.11 Å². The van der Waals surface area contributed by atoms with Crippen molar-refractivity contribution in [3.63, 3.8) is 0 Å². The van der Waals surface area contributed by atoms with E-state index in [9.17, 15) is 0 Å². The predicted octanol–water partition coefficient (Wildman–Crippen LogP) is 0.567. The fraction of sp³-hybridized carbons (Fsp3) is 1.00. The van der Waals surface area contributed by atoms with Gasteiger partial charge in [-0.2, -0.15) is 0 Å². The van der Waals surface area contributed by atoms with Crippen LogP contribution in [0.4, 0.5) is 0 Å². The second-order valence-corrected chi connectivity index (χ2v) is 2.88. The van der Waals surface area contributed by atoms with Gasteiger partial charge >= 0.3 is 0 Å². The van der Waals surface area contributed by atoms with Gasteiger partial charge in [0.1, 0.15) is 0 Å². The summed E-state index contributed by atoms with van der Waals surface area (Å²) >= 11 is 0. The Labute approximate surface area is 57.5 Å². The molecule has 0 rings (SSSR count). The molecule has 0 amide bonds. The third-order valence-electron chi connectivity index (χ3n) is 1.16. The topological polar surface area (TPSA) is 23.5 Å². The van der Waals surface area contributed by atoms with Crippen molar-refractivity contribution in [1.82, 2.24) is 4.90 Å². The second-order valence-electron chi connectivity index (χ2n) is 2.88. The van der Waals surface area contributed by atoms with Crippen LogP contribution in [0.2, 0.25) is 0 Å². The largest absolute Gasteiger partial charge is 0.395 e. The van der Waals surface area contributed by atoms with E-state index in [0.29, 0.717) is 5.92 Å². The molecule has 2 heteroatoms. The summed E-state index contributed by atoms with van der Waals surface area (Å²) in [5, 5.41) is 8.51. The summed E-state index contributed by atoms with van der Waals surface area (Å²) in [7, 11) is 2.02. The molecule has 0 saturated heterocycles. The second kappa shape index (κ2) is 4.77. The maximum atomic E-state index is 8.51. The molecule has 56 valence electrons. The molecular formula is C7H17NO. The number of aliphatic hydroxyl groups excluding tert-OH is 1. The first-order valence-corrected chi connectivity index (χ1v) is 3.46. The molecule has 0 unspecified atom stereocenters. The molecule has 0 aliphatic carbocycles. The van der Waals surface area contributed by atoms with Crippen LogP contribution in [-0.4, -0.2) is 36.8 Å². The third-order valence-corrected chi connectivity index (χ3v) is 1.16. The van der Waals surface area contributed by atoms with E-state index in [1.54, 1.807) is 0 Å². The molecule has 0 spiro atoms. The number of hydrogen-bond acceptors (Lipinski definition) is 2. The van der Waals surface area contributed by atoms with Crippen molar-refractivity contribution < 1.29 is 5.11 Å². The average Bonchev–Trinajstić information content (AvgIpc) is 1.63. The van der Waals surface area contributed by atoms with Gasteiger partial charge in [0.2, 0.25) is 0 Å². The van der Waals surface area contributed by atoms with Crippen LogP contribution >= 0.6 is 0 Å². The molecule has 0 bridgehead atoms. The van der Waals surface area contributed by atoms with Crippen LogP contribution in [0.15, 0.2) is 0 Å². The van der Waals surface area contributed by atoms with Gasteiger partial charge in [-0.1, -0.05) is 13.8 Å². The minimum atomic E-state index is 0.267. The lowest BCUT2D eigenvalue weighted by Gasteiger charge is -2.16. The van der Waals surface area contributed by atoms with Crippen LogP contribution in [-0.2, 0) is 0 Å². The molecule has 0 aliphatic rings. The quantitative estimate of drug-likeness (QED) is 0.603. The van der Waals surface area contributed by atoms with Gasteiger partial charge in [0.25, 0.3) is 0 Å². The van der Waals surface area contributed by atoms with Gasteiger partial charge in [-0.15, -0.1) is 0 Å². The summed E-state index contributed by atoms with van der Waals surface area (Å²) in [6.07, 6.45) is 0. The molecule has 0 aromatic heterocycles. The summed E-state index contributed by atoms with van der Waals surface area (Å²) in [6, 6.07) is 0. The van der Waals surface area contributed by atoms with Gasteiger partial charge in [0.05, 0.1) is 6.61 Å². The van der Waals surface area contributed by atoms with Crippen LogP contribution in [0.1, 0.15) is 13.8 Å². The molecule has 0 heterocycles. The highest BCUT2D eigenvalue weighted by Crippen LogP contribution is 1.93. The van der Waals surface area contributed by atoms with Crippen molar-refractivity contribution >= 4 is 0 Å². The van der Waals surface area contributed by atoms with E-state index in [2.05, 4.69) is 18.7 Å². The summed E-state index contributed by atoms with van der Waals surface area (Å²) in [5.41, 5.74) is 0. The molecule has 0 atom stereocenters. The zero-order chi connectivity index (χ0) is 7.28. The van der Waals surface area contributed by atoms with Crippen LogP contribution < -0.4 is 0 Å². The molecular weight excluding hydrogens is 114 g/mol. The molecule has 0 saturated carbocycles. The normalized spacial score (nSPS) is 11.3. The third kappa shape index (κ3) is 5.80. The van der Waals surface area contributed by atoms with Crippen molar-refractivity contribution in [2.45, 2.75) is 13.8 Å². The Bertz CT molecular complexity index is 63.9. The number of aliphatic hydroxyl groups is 1. The molecule has 0 radical (unpaired) electrons. The monoisotopic (exact) mass is 131 g/mol. The Hall–Kier alpha value is -0.0800. The van der Waals surface area contributed by atoms with E-state index < -0.39 is 0 Å². The maximum absolute atomic E-state index is 8.51. The van der Waals surface area contributed by atoms with Gasteiger partial charge in [0.15, 0.2) is 0 Å². The molecule has 9 heavy (non-hydrogen) atoms. The molecule has 2 nitrogen and oxygen atoms in total. The minimum absolute atomic E-state index is 0.267. The van der Waals surface area contributed by atoms with Crippen molar-refractivity contribution in [2.75, 3.05) is 26.7 Å². The highest BCUT2D eigenvalue weighted by molar-refractivity contribution is 4.52. The number of likely N-dealkylation sites (N-methyl/N-ethyl adjacent to an activating group) is 1. The highest BCUT2D eigenvalue weighted by Gasteiger charge is 1.98. The van der Waals surface area contributed by atoms with E-state index >= 15 is 0 Å². The highest BCUT2D eigenvalue weighted by atomic mass is 16.3. The lowest BCUT2D eigenvalue weighted by Crippen LogP contribution is -2.26. The van der Waals surface area contributed by atoms with E-state index in [-0.39, 0.29) is 6.61 Å². The zero-order valence-electron chi connectivity index (χ0n) is 6.59. The first kappa shape index (κ1) is 8.92. The summed E-state index contributed by atoms with van der Waals surface area (Å²) < 4.78 is 0. The minimum Gasteiger partial charge on any atom is -0.395 e. The Morgan fingerprint density at radius 3 is 2.33 bits per heavy atom. The molecule has 0 aliphatic heterocycles. The standard InChI is InChI=1S/C7H17NO/c1-7(2)6-8(3)4-5-9/h7,9H,4-6H2,1-3H3. The summed E-state index contributed by atoms with van der Waals surface area (Å²) in [5.74, 6) is 0.696. The van der Waals surface area contributed by atoms with Crippen molar-refractivity contribution in [3.05, 3.63) is 0 Å². The molecule has 1 N–H and O–H groups in total. The lowest BCUT2D eigenvalue weighted by molar-refractivity contribution is 0.209. The van der Waals surface area contributed by atoms with E-state index in [1.807, 2.05) is 7.05 Å². The lowest BCUT2D eigenvalue weighted by atomic mass is 10.2. The predicted molar refractivity (Wildman–Crippen MR) is 39.4 cm³/mol. The summed E-state index contributed by atoms with van der Waals surface area (Å²) in [6.45, 7) is 6.48. The number of rotatable bonds is 4. The Kier molecular flexibility index (Phi) is 4.72. The molecule has 0 fully saturated rings. The SMILES string of the molecule is CC(C)CN(C)CCO. The summed E-state index contributed by atoms with van der Waals surface area (Å²) in [4.78, 5) is 2.13. The van der Waals surface area contributed by atoms with Gasteiger partial charge < -0.3 is 10.0 Å². The van der Waals surface area contributed by atoms with Crippen LogP contribution in [0.25, 0.3) is 0 Å². The van der Waals surface area contributed by atoms with Crippen LogP contribution in [0.3, 0.4) is 0 Å². The van der Waals surface area contributed by atoms with Crippen molar-refractivity contribution in [1.29, 1.82) is 0 Å². The first-order chi connectivity index (χ1) is 4.16. The zero-order valence-corrected chi connectivity index (χ0v) is 6.59. The van der Waals surface area contributed by atoms with Crippen molar-refractivity contribution in [2.24, 2.45) is 5.92 Å². The fourth-order valence-electron chi connectivity index (χ4n) is 0.885. The van der Waals surface area contributed by atoms with Gasteiger partial charge in [0, 0.05) is 13.1 Å². The fourth-order valence-corrected chi connectivity index (χ4v) is 0.885. The number of nitrogens with zero attached hydrogens (tertiary/aromatic N) is 1. The molecule has 0 aromatic carbocycles. The van der Waals surface area contributed by atoms with E-state index in [0.717, 1.165) is 13.1 Å². The van der Waals surface area contributed by atoms with Crippen molar-refractivity contribution in [3.8, 4) is 0 Å². The smallest absolute Gasteiger partial charge is 0.0558 e. The number of hydrogen-bond donors (Lipinski definition) is 1. The van der Waals surface area contributed by atoms with Gasteiger partial charge in [-0.05, 0) is 13.0 Å². The Morgan fingerprint density at radius 1 is 1.44 bits per heavy atom. The maximum Gasteiger partial charge on any atom is 0.0558 e. The van der Waals surface area contributed by atoms with E-state index in [1.165, 1.54) is 0 Å².